The van der Waals surface area contributed by atoms with Gasteiger partial charge in [-0.1, -0.05) is 24.3 Å². The lowest BCUT2D eigenvalue weighted by atomic mass is 10.0. The fraction of sp³-hybridized carbons (Fsp3) is 0.500. The summed E-state index contributed by atoms with van der Waals surface area (Å²) in [4.78, 5) is 4.62. The van der Waals surface area contributed by atoms with Crippen molar-refractivity contribution in [3.63, 3.8) is 0 Å². The maximum Gasteiger partial charge on any atom is 0.191 e. The van der Waals surface area contributed by atoms with Gasteiger partial charge in [0.25, 0.3) is 0 Å². The van der Waals surface area contributed by atoms with Crippen molar-refractivity contribution in [1.82, 2.24) is 10.6 Å². The molecule has 7 nitrogen and oxygen atoms in total. The standard InChI is InChI=1S/C22H33N3O4.HI/c1-4-23-21(25-17-22(3,26)20-10-7-11-29-20)24-15-18-8-6-9-19(14-18)16-28-13-12-27-5-2;/h6-11,14,26H,4-5,12-13,15-17H2,1-3H3,(H2,23,24,25);1H. The molecule has 3 N–H and O–H groups in total. The van der Waals surface area contributed by atoms with Gasteiger partial charge in [0.1, 0.15) is 11.4 Å². The molecular formula is C22H34IN3O4. The molecule has 0 aliphatic carbocycles. The zero-order valence-electron chi connectivity index (χ0n) is 18.0. The highest BCUT2D eigenvalue weighted by molar-refractivity contribution is 14.0. The monoisotopic (exact) mass is 531 g/mol. The number of guanidine groups is 1. The number of aliphatic imine (C=N–C) groups is 1. The molecule has 1 atom stereocenters. The second kappa shape index (κ2) is 14.4. The predicted octanol–water partition coefficient (Wildman–Crippen LogP) is 3.41. The number of aliphatic hydroxyl groups is 1. The predicted molar refractivity (Wildman–Crippen MR) is 129 cm³/mol. The van der Waals surface area contributed by atoms with Gasteiger partial charge in [-0.05, 0) is 44.0 Å². The molecule has 0 saturated heterocycles. The average Bonchev–Trinajstić information content (AvgIpc) is 3.26. The highest BCUT2D eigenvalue weighted by atomic mass is 127. The molecule has 1 aromatic heterocycles. The quantitative estimate of drug-likeness (QED) is 0.169. The fourth-order valence-corrected chi connectivity index (χ4v) is 2.71. The van der Waals surface area contributed by atoms with Gasteiger partial charge in [0.2, 0.25) is 0 Å². The second-order valence-electron chi connectivity index (χ2n) is 6.87. The number of rotatable bonds is 12. The van der Waals surface area contributed by atoms with Gasteiger partial charge in [-0.2, -0.15) is 0 Å². The van der Waals surface area contributed by atoms with Crippen LogP contribution in [0.2, 0.25) is 0 Å². The zero-order chi connectivity index (χ0) is 21.0. The van der Waals surface area contributed by atoms with Crippen LogP contribution in [-0.2, 0) is 28.2 Å². The Balaban J connectivity index is 0.00000450. The molecule has 1 aromatic carbocycles. The van der Waals surface area contributed by atoms with Crippen LogP contribution in [0.4, 0.5) is 0 Å². The summed E-state index contributed by atoms with van der Waals surface area (Å²) in [5.41, 5.74) is 1.07. The van der Waals surface area contributed by atoms with Crippen LogP contribution in [-0.4, -0.2) is 44.0 Å². The Morgan fingerprint density at radius 2 is 1.87 bits per heavy atom. The van der Waals surface area contributed by atoms with Crippen LogP contribution in [0.15, 0.2) is 52.1 Å². The first-order chi connectivity index (χ1) is 14.0. The van der Waals surface area contributed by atoms with Gasteiger partial charge >= 0.3 is 0 Å². The smallest absolute Gasteiger partial charge is 0.191 e. The van der Waals surface area contributed by atoms with Crippen LogP contribution in [0.5, 0.6) is 0 Å². The Kier molecular flexibility index (Phi) is 12.7. The van der Waals surface area contributed by atoms with E-state index in [2.05, 4.69) is 21.7 Å². The molecular weight excluding hydrogens is 497 g/mol. The first-order valence-electron chi connectivity index (χ1n) is 10.1. The van der Waals surface area contributed by atoms with Gasteiger partial charge in [-0.15, -0.1) is 24.0 Å². The molecule has 1 unspecified atom stereocenters. The lowest BCUT2D eigenvalue weighted by Gasteiger charge is -2.22. The van der Waals surface area contributed by atoms with Crippen molar-refractivity contribution in [3.8, 4) is 0 Å². The normalized spacial score (nSPS) is 13.4. The highest BCUT2D eigenvalue weighted by Crippen LogP contribution is 2.19. The summed E-state index contributed by atoms with van der Waals surface area (Å²) in [7, 11) is 0. The van der Waals surface area contributed by atoms with E-state index in [0.717, 1.165) is 17.7 Å². The van der Waals surface area contributed by atoms with E-state index in [-0.39, 0.29) is 30.5 Å². The summed E-state index contributed by atoms with van der Waals surface area (Å²) in [6, 6.07) is 11.7. The number of nitrogens with one attached hydrogen (secondary N) is 2. The number of hydrogen-bond donors (Lipinski definition) is 3. The third kappa shape index (κ3) is 9.46. The molecule has 0 saturated carbocycles. The lowest BCUT2D eigenvalue weighted by molar-refractivity contribution is 0.0386. The Labute approximate surface area is 196 Å². The third-order valence-corrected chi connectivity index (χ3v) is 4.25. The van der Waals surface area contributed by atoms with Crippen molar-refractivity contribution in [2.75, 3.05) is 32.9 Å². The molecule has 0 spiro atoms. The van der Waals surface area contributed by atoms with Gasteiger partial charge < -0.3 is 29.6 Å². The van der Waals surface area contributed by atoms with Crippen LogP contribution in [0, 0.1) is 0 Å². The molecule has 30 heavy (non-hydrogen) atoms. The Morgan fingerprint density at radius 3 is 2.57 bits per heavy atom. The molecule has 0 radical (unpaired) electrons. The summed E-state index contributed by atoms with van der Waals surface area (Å²) in [6.07, 6.45) is 1.55. The minimum Gasteiger partial charge on any atom is -0.466 e. The first kappa shape index (κ1) is 26.4. The third-order valence-electron chi connectivity index (χ3n) is 4.25. The maximum absolute atomic E-state index is 10.6. The number of benzene rings is 1. The molecule has 0 amide bonds. The fourth-order valence-electron chi connectivity index (χ4n) is 2.71. The van der Waals surface area contributed by atoms with E-state index in [9.17, 15) is 5.11 Å². The number of nitrogens with zero attached hydrogens (tertiary/aromatic N) is 1. The lowest BCUT2D eigenvalue weighted by Crippen LogP contribution is -2.44. The number of halogens is 1. The van der Waals surface area contributed by atoms with E-state index in [0.29, 0.717) is 44.7 Å². The average molecular weight is 531 g/mol. The molecule has 0 bridgehead atoms. The molecule has 2 aromatic rings. The SMILES string of the molecule is CCNC(=NCc1cccc(COCCOCC)c1)NCC(C)(O)c1ccco1.I. The minimum absolute atomic E-state index is 0. The zero-order valence-corrected chi connectivity index (χ0v) is 20.3. The van der Waals surface area contributed by atoms with Crippen molar-refractivity contribution >= 4 is 29.9 Å². The Hall–Kier alpha value is -1.62. The van der Waals surface area contributed by atoms with Crippen LogP contribution in [0.3, 0.4) is 0 Å². The summed E-state index contributed by atoms with van der Waals surface area (Å²) in [6.45, 7) is 9.65. The van der Waals surface area contributed by atoms with Crippen molar-refractivity contribution in [2.24, 2.45) is 4.99 Å². The molecule has 1 heterocycles. The van der Waals surface area contributed by atoms with Crippen LogP contribution in [0.1, 0.15) is 37.7 Å². The van der Waals surface area contributed by atoms with E-state index in [1.807, 2.05) is 32.0 Å². The Bertz CT molecular complexity index is 736. The largest absolute Gasteiger partial charge is 0.466 e. The minimum atomic E-state index is -1.13. The van der Waals surface area contributed by atoms with Crippen molar-refractivity contribution in [2.45, 2.75) is 39.5 Å². The maximum atomic E-state index is 10.6. The van der Waals surface area contributed by atoms with E-state index in [4.69, 9.17) is 13.9 Å². The van der Waals surface area contributed by atoms with Crippen molar-refractivity contribution in [1.29, 1.82) is 0 Å². The molecule has 2 rings (SSSR count). The number of hydrogen-bond acceptors (Lipinski definition) is 5. The van der Waals surface area contributed by atoms with Crippen LogP contribution < -0.4 is 10.6 Å². The molecule has 0 aliphatic heterocycles. The van der Waals surface area contributed by atoms with Gasteiger partial charge in [0.15, 0.2) is 5.96 Å². The second-order valence-corrected chi connectivity index (χ2v) is 6.87. The van der Waals surface area contributed by atoms with E-state index >= 15 is 0 Å². The summed E-state index contributed by atoms with van der Waals surface area (Å²) >= 11 is 0. The van der Waals surface area contributed by atoms with Gasteiger partial charge in [0.05, 0.1) is 39.2 Å². The van der Waals surface area contributed by atoms with Gasteiger partial charge in [0, 0.05) is 13.2 Å². The summed E-state index contributed by atoms with van der Waals surface area (Å²) < 4.78 is 16.2. The molecule has 0 fully saturated rings. The van der Waals surface area contributed by atoms with E-state index in [1.54, 1.807) is 25.3 Å². The van der Waals surface area contributed by atoms with E-state index in [1.165, 1.54) is 0 Å². The Morgan fingerprint density at radius 1 is 1.10 bits per heavy atom. The molecule has 168 valence electrons. The topological polar surface area (TPSA) is 88.3 Å². The number of furan rings is 1. The summed E-state index contributed by atoms with van der Waals surface area (Å²) in [5, 5.41) is 17.0. The van der Waals surface area contributed by atoms with Crippen molar-refractivity contribution < 1.29 is 19.0 Å². The van der Waals surface area contributed by atoms with Crippen LogP contribution in [0.25, 0.3) is 0 Å². The number of ether oxygens (including phenoxy) is 2. The summed E-state index contributed by atoms with van der Waals surface area (Å²) in [5.74, 6) is 1.15. The molecule has 0 aliphatic rings. The van der Waals surface area contributed by atoms with Gasteiger partial charge in [-0.3, -0.25) is 0 Å². The van der Waals surface area contributed by atoms with E-state index < -0.39 is 5.60 Å². The first-order valence-corrected chi connectivity index (χ1v) is 10.1. The van der Waals surface area contributed by atoms with Gasteiger partial charge in [-0.25, -0.2) is 4.99 Å². The highest BCUT2D eigenvalue weighted by Gasteiger charge is 2.26. The molecule has 8 heteroatoms. The van der Waals surface area contributed by atoms with Crippen molar-refractivity contribution in [3.05, 3.63) is 59.5 Å². The van der Waals surface area contributed by atoms with Crippen LogP contribution >= 0.6 is 24.0 Å².